The van der Waals surface area contributed by atoms with E-state index in [4.69, 9.17) is 4.84 Å². The summed E-state index contributed by atoms with van der Waals surface area (Å²) in [7, 11) is 0. The minimum atomic E-state index is -1.08. The summed E-state index contributed by atoms with van der Waals surface area (Å²) in [6.45, 7) is 4.62. The van der Waals surface area contributed by atoms with Crippen molar-refractivity contribution in [2.45, 2.75) is 26.4 Å². The van der Waals surface area contributed by atoms with Gasteiger partial charge in [0, 0.05) is 12.1 Å². The van der Waals surface area contributed by atoms with E-state index in [2.05, 4.69) is 5.48 Å². The summed E-state index contributed by atoms with van der Waals surface area (Å²) in [5.74, 6) is -0.592. The highest BCUT2D eigenvalue weighted by Crippen LogP contribution is 2.17. The molecule has 1 aromatic carbocycles. The molecule has 0 heterocycles. The summed E-state index contributed by atoms with van der Waals surface area (Å²) >= 11 is 0. The highest BCUT2D eigenvalue weighted by Gasteiger charge is 2.17. The summed E-state index contributed by atoms with van der Waals surface area (Å²) < 4.78 is 0. The fourth-order valence-corrected chi connectivity index (χ4v) is 1.30. The van der Waals surface area contributed by atoms with E-state index in [1.54, 1.807) is 6.92 Å². The van der Waals surface area contributed by atoms with Crippen LogP contribution in [0.25, 0.3) is 0 Å². The maximum absolute atomic E-state index is 11.8. The van der Waals surface area contributed by atoms with Crippen LogP contribution in [0.1, 0.15) is 29.8 Å². The van der Waals surface area contributed by atoms with Gasteiger partial charge in [-0.3, -0.25) is 19.7 Å². The Morgan fingerprint density at radius 2 is 2.16 bits per heavy atom. The number of aliphatic hydroxyl groups is 1. The van der Waals surface area contributed by atoms with Crippen molar-refractivity contribution in [1.82, 2.24) is 5.48 Å². The minimum Gasteiger partial charge on any atom is -0.388 e. The Hall–Kier alpha value is -1.99. The maximum atomic E-state index is 11.8. The Bertz CT molecular complexity index is 493. The predicted octanol–water partition coefficient (Wildman–Crippen LogP) is 1.34. The molecule has 0 bridgehead atoms. The van der Waals surface area contributed by atoms with Gasteiger partial charge in [-0.25, -0.2) is 5.48 Å². The van der Waals surface area contributed by atoms with Gasteiger partial charge in [0.2, 0.25) is 0 Å². The van der Waals surface area contributed by atoms with Gasteiger partial charge in [-0.05, 0) is 26.3 Å². The van der Waals surface area contributed by atoms with Crippen molar-refractivity contribution in [2.24, 2.45) is 0 Å². The molecule has 0 radical (unpaired) electrons. The van der Waals surface area contributed by atoms with Crippen LogP contribution in [0, 0.1) is 17.0 Å². The van der Waals surface area contributed by atoms with Crippen LogP contribution in [-0.4, -0.2) is 28.1 Å². The summed E-state index contributed by atoms with van der Waals surface area (Å²) in [5, 5.41) is 20.0. The number of nitrogens with one attached hydrogen (secondary N) is 1. The van der Waals surface area contributed by atoms with Gasteiger partial charge in [-0.15, -0.1) is 0 Å². The van der Waals surface area contributed by atoms with E-state index in [1.165, 1.54) is 32.0 Å². The minimum absolute atomic E-state index is 0.0906. The first-order valence-corrected chi connectivity index (χ1v) is 5.60. The fraction of sp³-hybridized carbons (Fsp3) is 0.417. The Morgan fingerprint density at radius 1 is 1.53 bits per heavy atom. The molecule has 0 atom stereocenters. The maximum Gasteiger partial charge on any atom is 0.275 e. The van der Waals surface area contributed by atoms with E-state index in [0.717, 1.165) is 0 Å². The Morgan fingerprint density at radius 3 is 2.68 bits per heavy atom. The lowest BCUT2D eigenvalue weighted by Gasteiger charge is -2.16. The van der Waals surface area contributed by atoms with Crippen LogP contribution in [0.5, 0.6) is 0 Å². The quantitative estimate of drug-likeness (QED) is 0.619. The number of nitro benzene ring substituents is 1. The molecule has 0 aromatic heterocycles. The van der Waals surface area contributed by atoms with Crippen LogP contribution < -0.4 is 5.48 Å². The van der Waals surface area contributed by atoms with E-state index in [0.29, 0.717) is 5.56 Å². The number of aryl methyl sites for hydroxylation is 1. The topological polar surface area (TPSA) is 102 Å². The third-order valence-electron chi connectivity index (χ3n) is 2.27. The molecular weight excluding hydrogens is 252 g/mol. The van der Waals surface area contributed by atoms with Crippen LogP contribution >= 0.6 is 0 Å². The van der Waals surface area contributed by atoms with Gasteiger partial charge >= 0.3 is 0 Å². The smallest absolute Gasteiger partial charge is 0.275 e. The number of hydrogen-bond acceptors (Lipinski definition) is 5. The molecule has 1 amide bonds. The monoisotopic (exact) mass is 268 g/mol. The van der Waals surface area contributed by atoms with Crippen LogP contribution in [0.3, 0.4) is 0 Å². The molecule has 0 aliphatic carbocycles. The SMILES string of the molecule is Cc1ccc([N+](=O)[O-])cc1C(=O)NOCC(C)(C)O. The van der Waals surface area contributed by atoms with Gasteiger partial charge in [0.1, 0.15) is 6.61 Å². The number of carbonyl (C=O) groups excluding carboxylic acids is 1. The molecule has 0 unspecified atom stereocenters. The molecule has 0 saturated carbocycles. The largest absolute Gasteiger partial charge is 0.388 e. The molecule has 104 valence electrons. The summed E-state index contributed by atoms with van der Waals surface area (Å²) in [6, 6.07) is 3.99. The molecule has 0 spiro atoms. The molecule has 7 heteroatoms. The van der Waals surface area contributed by atoms with Gasteiger partial charge in [0.05, 0.1) is 16.1 Å². The molecule has 0 aliphatic heterocycles. The van der Waals surface area contributed by atoms with E-state index in [9.17, 15) is 20.0 Å². The molecule has 0 saturated heterocycles. The number of nitro groups is 1. The number of nitrogens with zero attached hydrogens (tertiary/aromatic N) is 1. The second-order valence-electron chi connectivity index (χ2n) is 4.79. The van der Waals surface area contributed by atoms with E-state index < -0.39 is 16.4 Å². The highest BCUT2D eigenvalue weighted by atomic mass is 16.7. The second-order valence-corrected chi connectivity index (χ2v) is 4.79. The fourth-order valence-electron chi connectivity index (χ4n) is 1.30. The highest BCUT2D eigenvalue weighted by molar-refractivity contribution is 5.95. The molecule has 2 N–H and O–H groups in total. The third kappa shape index (κ3) is 4.65. The molecule has 1 aromatic rings. The summed E-state index contributed by atoms with van der Waals surface area (Å²) in [4.78, 5) is 26.7. The number of amides is 1. The van der Waals surface area contributed by atoms with E-state index >= 15 is 0 Å². The number of carbonyl (C=O) groups is 1. The van der Waals surface area contributed by atoms with Crippen LogP contribution in [-0.2, 0) is 4.84 Å². The predicted molar refractivity (Wildman–Crippen MR) is 67.5 cm³/mol. The average molecular weight is 268 g/mol. The van der Waals surface area contributed by atoms with Gasteiger partial charge in [0.25, 0.3) is 11.6 Å². The molecule has 1 rings (SSSR count). The Kier molecular flexibility index (Phi) is 4.57. The summed E-state index contributed by atoms with van der Waals surface area (Å²) in [6.07, 6.45) is 0. The lowest BCUT2D eigenvalue weighted by atomic mass is 10.1. The normalized spacial score (nSPS) is 11.2. The zero-order chi connectivity index (χ0) is 14.6. The van der Waals surface area contributed by atoms with E-state index in [1.807, 2.05) is 0 Å². The first-order valence-electron chi connectivity index (χ1n) is 5.60. The second kappa shape index (κ2) is 5.77. The molecule has 7 nitrogen and oxygen atoms in total. The lowest BCUT2D eigenvalue weighted by molar-refractivity contribution is -0.384. The van der Waals surface area contributed by atoms with Crippen LogP contribution in [0.4, 0.5) is 5.69 Å². The van der Waals surface area contributed by atoms with E-state index in [-0.39, 0.29) is 17.9 Å². The average Bonchev–Trinajstić information content (AvgIpc) is 2.27. The van der Waals surface area contributed by atoms with Crippen molar-refractivity contribution < 1.29 is 19.7 Å². The number of hydroxylamine groups is 1. The molecular formula is C12H16N2O5. The number of hydrogen-bond donors (Lipinski definition) is 2. The first kappa shape index (κ1) is 15.1. The van der Waals surface area contributed by atoms with Crippen molar-refractivity contribution in [3.8, 4) is 0 Å². The number of non-ortho nitro benzene ring substituents is 1. The molecule has 19 heavy (non-hydrogen) atoms. The standard InChI is InChI=1S/C12H16N2O5/c1-8-4-5-9(14(17)18)6-10(8)11(15)13-19-7-12(2,3)16/h4-6,16H,7H2,1-3H3,(H,13,15). The van der Waals surface area contributed by atoms with Crippen molar-refractivity contribution in [3.63, 3.8) is 0 Å². The van der Waals surface area contributed by atoms with Gasteiger partial charge in [-0.2, -0.15) is 0 Å². The lowest BCUT2D eigenvalue weighted by Crippen LogP contribution is -2.33. The van der Waals surface area contributed by atoms with Crippen molar-refractivity contribution in [2.75, 3.05) is 6.61 Å². The zero-order valence-electron chi connectivity index (χ0n) is 11.0. The van der Waals surface area contributed by atoms with Crippen LogP contribution in [0.2, 0.25) is 0 Å². The molecule has 0 aliphatic rings. The Balaban J connectivity index is 2.76. The van der Waals surface area contributed by atoms with Gasteiger partial charge in [0.15, 0.2) is 0 Å². The number of benzene rings is 1. The van der Waals surface area contributed by atoms with Gasteiger partial charge in [-0.1, -0.05) is 6.07 Å². The molecule has 0 fully saturated rings. The zero-order valence-corrected chi connectivity index (χ0v) is 11.0. The van der Waals surface area contributed by atoms with Crippen molar-refractivity contribution in [1.29, 1.82) is 0 Å². The van der Waals surface area contributed by atoms with Crippen molar-refractivity contribution in [3.05, 3.63) is 39.4 Å². The third-order valence-corrected chi connectivity index (χ3v) is 2.27. The summed E-state index contributed by atoms with van der Waals surface area (Å²) in [5.41, 5.74) is 1.64. The number of rotatable bonds is 5. The van der Waals surface area contributed by atoms with Gasteiger partial charge < -0.3 is 5.11 Å². The Labute approximate surface area is 110 Å². The van der Waals surface area contributed by atoms with Crippen molar-refractivity contribution >= 4 is 11.6 Å². The first-order chi connectivity index (χ1) is 8.70. The van der Waals surface area contributed by atoms with Crippen LogP contribution in [0.15, 0.2) is 18.2 Å².